The molecule has 8 heteroatoms. The van der Waals surface area contributed by atoms with E-state index in [1.165, 1.54) is 0 Å². The van der Waals surface area contributed by atoms with Crippen LogP contribution in [-0.2, 0) is 4.79 Å². The highest BCUT2D eigenvalue weighted by atomic mass is 32.2. The van der Waals surface area contributed by atoms with Crippen LogP contribution in [0.15, 0.2) is 52.1 Å². The first kappa shape index (κ1) is 18.1. The standard InChI is InChI=1S/C18H15F2N3O2S/c1-10-3-5-12(6-4-10)17-22-23-18(25-17)26-11(2)16(24)21-15-9-13(19)7-8-14(15)20/h3-9,11H,1-2H3,(H,21,24). The molecule has 3 aromatic rings. The van der Waals surface area contributed by atoms with Crippen LogP contribution in [0.4, 0.5) is 14.5 Å². The summed E-state index contributed by atoms with van der Waals surface area (Å²) < 4.78 is 32.3. The minimum atomic E-state index is -0.712. The van der Waals surface area contributed by atoms with Crippen molar-refractivity contribution >= 4 is 23.4 Å². The van der Waals surface area contributed by atoms with Crippen LogP contribution in [0.2, 0.25) is 0 Å². The fourth-order valence-corrected chi connectivity index (χ4v) is 2.79. The van der Waals surface area contributed by atoms with Crippen molar-refractivity contribution < 1.29 is 18.0 Å². The molecule has 1 heterocycles. The lowest BCUT2D eigenvalue weighted by molar-refractivity contribution is -0.115. The van der Waals surface area contributed by atoms with Crippen molar-refractivity contribution in [3.05, 3.63) is 59.7 Å². The van der Waals surface area contributed by atoms with Gasteiger partial charge in [-0.25, -0.2) is 8.78 Å². The van der Waals surface area contributed by atoms with Crippen molar-refractivity contribution in [2.75, 3.05) is 5.32 Å². The number of carbonyl (C=O) groups is 1. The number of carbonyl (C=O) groups excluding carboxylic acids is 1. The van der Waals surface area contributed by atoms with Gasteiger partial charge < -0.3 is 9.73 Å². The van der Waals surface area contributed by atoms with Crippen LogP contribution in [0.25, 0.3) is 11.5 Å². The third kappa shape index (κ3) is 4.26. The minimum Gasteiger partial charge on any atom is -0.411 e. The van der Waals surface area contributed by atoms with Gasteiger partial charge in [0.15, 0.2) is 0 Å². The SMILES string of the molecule is Cc1ccc(-c2nnc(SC(C)C(=O)Nc3cc(F)ccc3F)o2)cc1. The van der Waals surface area contributed by atoms with Crippen LogP contribution in [0.5, 0.6) is 0 Å². The summed E-state index contributed by atoms with van der Waals surface area (Å²) in [4.78, 5) is 12.2. The van der Waals surface area contributed by atoms with Gasteiger partial charge in [-0.15, -0.1) is 10.2 Å². The van der Waals surface area contributed by atoms with E-state index in [1.807, 2.05) is 31.2 Å². The molecule has 1 N–H and O–H groups in total. The first-order chi connectivity index (χ1) is 12.4. The second kappa shape index (κ2) is 7.65. The molecule has 1 atom stereocenters. The van der Waals surface area contributed by atoms with Gasteiger partial charge in [0.1, 0.15) is 11.6 Å². The summed E-state index contributed by atoms with van der Waals surface area (Å²) in [5.74, 6) is -1.51. The van der Waals surface area contributed by atoms with Crippen molar-refractivity contribution in [1.82, 2.24) is 10.2 Å². The number of amides is 1. The average molecular weight is 375 g/mol. The van der Waals surface area contributed by atoms with Crippen LogP contribution >= 0.6 is 11.8 Å². The lowest BCUT2D eigenvalue weighted by Gasteiger charge is -2.10. The van der Waals surface area contributed by atoms with Crippen molar-refractivity contribution in [2.24, 2.45) is 0 Å². The number of hydrogen-bond donors (Lipinski definition) is 1. The molecule has 1 unspecified atom stereocenters. The van der Waals surface area contributed by atoms with E-state index in [4.69, 9.17) is 4.42 Å². The van der Waals surface area contributed by atoms with Crippen molar-refractivity contribution in [3.63, 3.8) is 0 Å². The van der Waals surface area contributed by atoms with Crippen molar-refractivity contribution in [1.29, 1.82) is 0 Å². The largest absolute Gasteiger partial charge is 0.411 e. The quantitative estimate of drug-likeness (QED) is 0.668. The van der Waals surface area contributed by atoms with Crippen LogP contribution in [0.3, 0.4) is 0 Å². The van der Waals surface area contributed by atoms with Gasteiger partial charge >= 0.3 is 0 Å². The van der Waals surface area contributed by atoms with Crippen LogP contribution in [0, 0.1) is 18.6 Å². The summed E-state index contributed by atoms with van der Waals surface area (Å²) in [6, 6.07) is 10.4. The smallest absolute Gasteiger partial charge is 0.277 e. The van der Waals surface area contributed by atoms with E-state index in [-0.39, 0.29) is 10.9 Å². The van der Waals surface area contributed by atoms with Gasteiger partial charge in [-0.3, -0.25) is 4.79 Å². The summed E-state index contributed by atoms with van der Waals surface area (Å²) in [5, 5.41) is 9.78. The van der Waals surface area contributed by atoms with Gasteiger partial charge in [0.2, 0.25) is 11.8 Å². The molecule has 0 aliphatic carbocycles. The molecule has 0 spiro atoms. The highest BCUT2D eigenvalue weighted by molar-refractivity contribution is 8.00. The Balaban J connectivity index is 1.66. The van der Waals surface area contributed by atoms with Gasteiger partial charge in [0.25, 0.3) is 5.22 Å². The van der Waals surface area contributed by atoms with Crippen LogP contribution in [-0.4, -0.2) is 21.4 Å². The number of anilines is 1. The Labute approximate surface area is 152 Å². The number of halogens is 2. The molecule has 0 aliphatic heterocycles. The highest BCUT2D eigenvalue weighted by Gasteiger charge is 2.20. The molecule has 0 radical (unpaired) electrons. The first-order valence-corrected chi connectivity index (χ1v) is 8.63. The fraction of sp³-hybridized carbons (Fsp3) is 0.167. The molecular weight excluding hydrogens is 360 g/mol. The predicted octanol–water partition coefficient (Wildman–Crippen LogP) is 4.44. The molecule has 5 nitrogen and oxygen atoms in total. The summed E-state index contributed by atoms with van der Waals surface area (Å²) in [7, 11) is 0. The lowest BCUT2D eigenvalue weighted by Crippen LogP contribution is -2.23. The Hall–Kier alpha value is -2.74. The molecule has 0 bridgehead atoms. The summed E-state index contributed by atoms with van der Waals surface area (Å²) in [6.45, 7) is 3.58. The maximum atomic E-state index is 13.6. The molecule has 3 rings (SSSR count). The van der Waals surface area contributed by atoms with Crippen molar-refractivity contribution in [3.8, 4) is 11.5 Å². The Morgan fingerprint density at radius 3 is 2.62 bits per heavy atom. The number of hydrogen-bond acceptors (Lipinski definition) is 5. The van der Waals surface area contributed by atoms with Crippen LogP contribution in [0.1, 0.15) is 12.5 Å². The van der Waals surface area contributed by atoms with Gasteiger partial charge in [-0.1, -0.05) is 29.5 Å². The molecule has 1 amide bonds. The number of nitrogens with one attached hydrogen (secondary N) is 1. The van der Waals surface area contributed by atoms with E-state index in [9.17, 15) is 13.6 Å². The van der Waals surface area contributed by atoms with E-state index in [0.717, 1.165) is 41.1 Å². The summed E-state index contributed by atoms with van der Waals surface area (Å²) in [6.07, 6.45) is 0. The second-order valence-electron chi connectivity index (χ2n) is 5.61. The Morgan fingerprint density at radius 1 is 1.15 bits per heavy atom. The number of aromatic nitrogens is 2. The average Bonchev–Trinajstić information content (AvgIpc) is 3.07. The molecule has 26 heavy (non-hydrogen) atoms. The maximum absolute atomic E-state index is 13.6. The van der Waals surface area contributed by atoms with Crippen molar-refractivity contribution in [2.45, 2.75) is 24.3 Å². The molecule has 0 saturated heterocycles. The monoisotopic (exact) mass is 375 g/mol. The maximum Gasteiger partial charge on any atom is 0.277 e. The van der Waals surface area contributed by atoms with E-state index < -0.39 is 22.8 Å². The van der Waals surface area contributed by atoms with E-state index in [0.29, 0.717) is 5.89 Å². The zero-order chi connectivity index (χ0) is 18.7. The van der Waals surface area contributed by atoms with E-state index >= 15 is 0 Å². The number of thioether (sulfide) groups is 1. The molecule has 1 aromatic heterocycles. The molecule has 134 valence electrons. The molecule has 0 fully saturated rings. The minimum absolute atomic E-state index is 0.211. The van der Waals surface area contributed by atoms with Gasteiger partial charge in [0.05, 0.1) is 10.9 Å². The number of nitrogens with zero attached hydrogens (tertiary/aromatic N) is 2. The number of rotatable bonds is 5. The normalized spacial score (nSPS) is 12.0. The third-order valence-corrected chi connectivity index (χ3v) is 4.47. The Morgan fingerprint density at radius 2 is 1.88 bits per heavy atom. The summed E-state index contributed by atoms with van der Waals surface area (Å²) in [5.41, 5.74) is 1.67. The number of benzene rings is 2. The van der Waals surface area contributed by atoms with E-state index in [2.05, 4.69) is 15.5 Å². The van der Waals surface area contributed by atoms with Gasteiger partial charge in [-0.05, 0) is 38.1 Å². The van der Waals surface area contributed by atoms with Gasteiger partial charge in [0, 0.05) is 11.6 Å². The Bertz CT molecular complexity index is 928. The zero-order valence-corrected chi connectivity index (χ0v) is 14.8. The molecule has 0 aliphatic rings. The van der Waals surface area contributed by atoms with E-state index in [1.54, 1.807) is 6.92 Å². The lowest BCUT2D eigenvalue weighted by atomic mass is 10.1. The third-order valence-electron chi connectivity index (χ3n) is 3.54. The highest BCUT2D eigenvalue weighted by Crippen LogP contribution is 2.27. The zero-order valence-electron chi connectivity index (χ0n) is 14.0. The van der Waals surface area contributed by atoms with Gasteiger partial charge in [-0.2, -0.15) is 0 Å². The molecule has 2 aromatic carbocycles. The summed E-state index contributed by atoms with van der Waals surface area (Å²) >= 11 is 1.03. The molecular formula is C18H15F2N3O2S. The number of aryl methyl sites for hydroxylation is 1. The second-order valence-corrected chi connectivity index (χ2v) is 6.90. The first-order valence-electron chi connectivity index (χ1n) is 7.75. The van der Waals surface area contributed by atoms with Crippen LogP contribution < -0.4 is 5.32 Å². The molecule has 0 saturated carbocycles. The Kier molecular flexibility index (Phi) is 5.32. The fourth-order valence-electron chi connectivity index (χ4n) is 2.10. The predicted molar refractivity (Wildman–Crippen MR) is 94.8 cm³/mol. The topological polar surface area (TPSA) is 68.0 Å².